The Morgan fingerprint density at radius 2 is 1.86 bits per heavy atom. The van der Waals surface area contributed by atoms with Crippen LogP contribution >= 0.6 is 11.8 Å². The number of nitrogens with one attached hydrogen (secondary N) is 2. The Morgan fingerprint density at radius 1 is 1.10 bits per heavy atom. The second-order valence-electron chi connectivity index (χ2n) is 5.96. The molecule has 0 atom stereocenters. The topological polar surface area (TPSA) is 118 Å². The van der Waals surface area contributed by atoms with Crippen molar-refractivity contribution < 1.29 is 28.3 Å². The van der Waals surface area contributed by atoms with Gasteiger partial charge in [-0.2, -0.15) is 0 Å². The van der Waals surface area contributed by atoms with E-state index in [9.17, 15) is 19.2 Å². The van der Waals surface area contributed by atoms with Gasteiger partial charge in [0.25, 0.3) is 5.91 Å². The fraction of sp³-hybridized carbons (Fsp3) is 0.263. The van der Waals surface area contributed by atoms with E-state index >= 15 is 0 Å². The number of imide groups is 1. The van der Waals surface area contributed by atoms with Gasteiger partial charge in [-0.1, -0.05) is 12.1 Å². The quantitative estimate of drug-likeness (QED) is 0.493. The minimum Gasteiger partial charge on any atom is -0.467 e. The summed E-state index contributed by atoms with van der Waals surface area (Å²) in [5.41, 5.74) is 0.235. The molecule has 154 valence electrons. The maximum Gasteiger partial charge on any atom is 0.339 e. The second kappa shape index (κ2) is 10.9. The van der Waals surface area contributed by atoms with Gasteiger partial charge < -0.3 is 19.4 Å². The molecule has 10 heteroatoms. The number of furan rings is 1. The molecule has 0 aliphatic carbocycles. The van der Waals surface area contributed by atoms with Crippen molar-refractivity contribution in [3.05, 3.63) is 54.0 Å². The molecule has 1 heterocycles. The zero-order valence-corrected chi connectivity index (χ0v) is 16.8. The summed E-state index contributed by atoms with van der Waals surface area (Å²) in [6, 6.07) is 9.22. The summed E-state index contributed by atoms with van der Waals surface area (Å²) in [4.78, 5) is 49.5. The van der Waals surface area contributed by atoms with E-state index in [0.29, 0.717) is 10.7 Å². The lowest BCUT2D eigenvalue weighted by Crippen LogP contribution is -2.41. The minimum atomic E-state index is -0.775. The minimum absolute atomic E-state index is 0.0990. The Balaban J connectivity index is 1.81. The van der Waals surface area contributed by atoms with Crippen molar-refractivity contribution >= 4 is 35.6 Å². The standard InChI is InChI=1S/C19H21N3O6S/c1-22(2)17(24)12-29-15-8-4-3-7-14(15)18(25)28-11-16(23)21-19(26)20-10-13-6-5-9-27-13/h3-9H,10-12H2,1-2H3,(H2,20,21,23,26). The molecule has 0 unspecified atom stereocenters. The average molecular weight is 419 g/mol. The number of nitrogens with zero attached hydrogens (tertiary/aromatic N) is 1. The molecule has 0 saturated heterocycles. The molecule has 1 aromatic carbocycles. The molecule has 29 heavy (non-hydrogen) atoms. The van der Waals surface area contributed by atoms with E-state index in [1.807, 2.05) is 0 Å². The molecular formula is C19H21N3O6S. The molecule has 0 aliphatic heterocycles. The lowest BCUT2D eigenvalue weighted by molar-refractivity contribution is -0.126. The summed E-state index contributed by atoms with van der Waals surface area (Å²) in [5, 5.41) is 4.49. The highest BCUT2D eigenvalue weighted by Gasteiger charge is 2.17. The van der Waals surface area contributed by atoms with Crippen molar-refractivity contribution in [2.45, 2.75) is 11.4 Å². The highest BCUT2D eigenvalue weighted by molar-refractivity contribution is 8.00. The van der Waals surface area contributed by atoms with Gasteiger partial charge in [-0.3, -0.25) is 14.9 Å². The first-order valence-corrected chi connectivity index (χ1v) is 9.54. The van der Waals surface area contributed by atoms with Gasteiger partial charge in [0, 0.05) is 19.0 Å². The van der Waals surface area contributed by atoms with Gasteiger partial charge in [-0.15, -0.1) is 11.8 Å². The third kappa shape index (κ3) is 7.34. The first kappa shape index (κ1) is 22.0. The molecule has 2 aromatic rings. The lowest BCUT2D eigenvalue weighted by Gasteiger charge is -2.12. The number of benzene rings is 1. The average Bonchev–Trinajstić information content (AvgIpc) is 3.22. The molecule has 4 amide bonds. The van der Waals surface area contributed by atoms with Crippen molar-refractivity contribution in [3.8, 4) is 0 Å². The monoisotopic (exact) mass is 419 g/mol. The van der Waals surface area contributed by atoms with Crippen LogP contribution in [0, 0.1) is 0 Å². The molecule has 2 N–H and O–H groups in total. The first-order valence-electron chi connectivity index (χ1n) is 8.56. The highest BCUT2D eigenvalue weighted by Crippen LogP contribution is 2.23. The van der Waals surface area contributed by atoms with Crippen LogP contribution in [-0.2, 0) is 20.9 Å². The SMILES string of the molecule is CN(C)C(=O)CSc1ccccc1C(=O)OCC(=O)NC(=O)NCc1ccco1. The molecule has 1 aromatic heterocycles. The fourth-order valence-electron chi connectivity index (χ4n) is 2.03. The zero-order chi connectivity index (χ0) is 21.2. The zero-order valence-electron chi connectivity index (χ0n) is 16.0. The maximum absolute atomic E-state index is 12.3. The predicted molar refractivity (Wildman–Crippen MR) is 105 cm³/mol. The summed E-state index contributed by atoms with van der Waals surface area (Å²) in [6.45, 7) is -0.509. The van der Waals surface area contributed by atoms with E-state index in [4.69, 9.17) is 9.15 Å². The third-order valence-corrected chi connectivity index (χ3v) is 4.61. The van der Waals surface area contributed by atoms with E-state index in [1.165, 1.54) is 22.9 Å². The van der Waals surface area contributed by atoms with Crippen LogP contribution in [0.5, 0.6) is 0 Å². The summed E-state index contributed by atoms with van der Waals surface area (Å²) >= 11 is 1.20. The number of urea groups is 1. The number of amides is 4. The van der Waals surface area contributed by atoms with Crippen molar-refractivity contribution in [2.75, 3.05) is 26.5 Å². The van der Waals surface area contributed by atoms with Gasteiger partial charge in [0.15, 0.2) is 6.61 Å². The van der Waals surface area contributed by atoms with Crippen LogP contribution in [0.3, 0.4) is 0 Å². The van der Waals surface area contributed by atoms with Crippen LogP contribution < -0.4 is 10.6 Å². The van der Waals surface area contributed by atoms with Crippen LogP contribution in [0.25, 0.3) is 0 Å². The molecule has 0 spiro atoms. The van der Waals surface area contributed by atoms with Gasteiger partial charge in [0.1, 0.15) is 5.76 Å². The Hall–Kier alpha value is -3.27. The molecule has 0 radical (unpaired) electrons. The summed E-state index contributed by atoms with van der Waals surface area (Å²) in [7, 11) is 3.29. The number of hydrogen-bond donors (Lipinski definition) is 2. The van der Waals surface area contributed by atoms with Gasteiger partial charge in [-0.25, -0.2) is 9.59 Å². The Labute approximate surface area is 171 Å². The number of rotatable bonds is 8. The first-order chi connectivity index (χ1) is 13.9. The van der Waals surface area contributed by atoms with Crippen molar-refractivity contribution in [1.82, 2.24) is 15.5 Å². The van der Waals surface area contributed by atoms with Gasteiger partial charge in [-0.05, 0) is 24.3 Å². The van der Waals surface area contributed by atoms with E-state index in [-0.39, 0.29) is 23.8 Å². The number of thioether (sulfide) groups is 1. The van der Waals surface area contributed by atoms with Crippen LogP contribution in [0.15, 0.2) is 52.0 Å². The normalized spacial score (nSPS) is 10.1. The predicted octanol–water partition coefficient (Wildman–Crippen LogP) is 1.64. The van der Waals surface area contributed by atoms with E-state index in [2.05, 4.69) is 10.6 Å². The van der Waals surface area contributed by atoms with Gasteiger partial charge >= 0.3 is 12.0 Å². The largest absolute Gasteiger partial charge is 0.467 e. The Kier molecular flexibility index (Phi) is 8.28. The fourth-order valence-corrected chi connectivity index (χ4v) is 3.04. The molecule has 0 aliphatic rings. The molecule has 0 saturated carbocycles. The van der Waals surface area contributed by atoms with Gasteiger partial charge in [0.2, 0.25) is 5.91 Å². The molecule has 9 nitrogen and oxygen atoms in total. The second-order valence-corrected chi connectivity index (χ2v) is 6.98. The molecular weight excluding hydrogens is 398 g/mol. The van der Waals surface area contributed by atoms with Crippen molar-refractivity contribution in [3.63, 3.8) is 0 Å². The number of carbonyl (C=O) groups is 4. The molecule has 0 bridgehead atoms. The number of carbonyl (C=O) groups excluding carboxylic acids is 4. The van der Waals surface area contributed by atoms with Crippen molar-refractivity contribution in [2.24, 2.45) is 0 Å². The Bertz CT molecular complexity index is 867. The third-order valence-electron chi connectivity index (χ3n) is 3.55. The molecule has 2 rings (SSSR count). The number of esters is 1. The maximum atomic E-state index is 12.3. The number of hydrogen-bond acceptors (Lipinski definition) is 7. The summed E-state index contributed by atoms with van der Waals surface area (Å²) in [5.74, 6) is -0.910. The van der Waals surface area contributed by atoms with E-state index < -0.39 is 24.5 Å². The Morgan fingerprint density at radius 3 is 2.55 bits per heavy atom. The number of ether oxygens (including phenoxy) is 1. The summed E-state index contributed by atoms with van der Waals surface area (Å²) < 4.78 is 10.0. The van der Waals surface area contributed by atoms with Gasteiger partial charge in [0.05, 0.1) is 24.1 Å². The van der Waals surface area contributed by atoms with Crippen molar-refractivity contribution in [1.29, 1.82) is 0 Å². The van der Waals surface area contributed by atoms with E-state index in [0.717, 1.165) is 0 Å². The van der Waals surface area contributed by atoms with Crippen LogP contribution in [-0.4, -0.2) is 55.2 Å². The lowest BCUT2D eigenvalue weighted by atomic mass is 10.2. The molecule has 0 fully saturated rings. The van der Waals surface area contributed by atoms with Crippen LogP contribution in [0.2, 0.25) is 0 Å². The smallest absolute Gasteiger partial charge is 0.339 e. The van der Waals surface area contributed by atoms with Crippen LogP contribution in [0.1, 0.15) is 16.1 Å². The van der Waals surface area contributed by atoms with Crippen LogP contribution in [0.4, 0.5) is 4.79 Å². The summed E-state index contributed by atoms with van der Waals surface area (Å²) in [6.07, 6.45) is 1.46. The van der Waals surface area contributed by atoms with E-state index in [1.54, 1.807) is 50.5 Å². The highest BCUT2D eigenvalue weighted by atomic mass is 32.2.